The number of rotatable bonds is 5. The number of aromatic nitrogens is 3. The quantitative estimate of drug-likeness (QED) is 0.607. The van der Waals surface area contributed by atoms with Gasteiger partial charge < -0.3 is 9.47 Å². The van der Waals surface area contributed by atoms with Crippen LogP contribution in [-0.4, -0.2) is 38.2 Å². The molecule has 0 spiro atoms. The predicted molar refractivity (Wildman–Crippen MR) is 84.6 cm³/mol. The summed E-state index contributed by atoms with van der Waals surface area (Å²) in [5.41, 5.74) is 0.331. The lowest BCUT2D eigenvalue weighted by Gasteiger charge is -2.27. The number of hydrogen-bond donors (Lipinski definition) is 0. The third-order valence-electron chi connectivity index (χ3n) is 3.14. The number of imidazole rings is 1. The second kappa shape index (κ2) is 7.43. The van der Waals surface area contributed by atoms with Crippen LogP contribution in [0.3, 0.4) is 0 Å². The van der Waals surface area contributed by atoms with Gasteiger partial charge in [-0.15, -0.1) is 0 Å². The molecule has 2 rings (SSSR count). The standard InChI is InChI=1S/C15H15F2N3O3S/c1-3-22-13(21)15(16,17)12(11-5-4-6-19-10(11)2)23-14(24)20-8-7-18-9-20/h4-9,12H,3H2,1-2H3. The molecular weight excluding hydrogens is 340 g/mol. The molecule has 24 heavy (non-hydrogen) atoms. The molecule has 0 radical (unpaired) electrons. The molecule has 1 unspecified atom stereocenters. The van der Waals surface area contributed by atoms with Crippen molar-refractivity contribution in [2.24, 2.45) is 0 Å². The minimum atomic E-state index is -3.95. The zero-order valence-corrected chi connectivity index (χ0v) is 13.8. The summed E-state index contributed by atoms with van der Waals surface area (Å²) >= 11 is 5.01. The number of thiocarbonyl (C=S) groups is 1. The van der Waals surface area contributed by atoms with Crippen molar-refractivity contribution in [3.8, 4) is 0 Å². The van der Waals surface area contributed by atoms with Crippen LogP contribution in [0.2, 0.25) is 0 Å². The molecule has 0 aliphatic carbocycles. The minimum absolute atomic E-state index is 0.0398. The lowest BCUT2D eigenvalue weighted by molar-refractivity contribution is -0.187. The number of carbonyl (C=O) groups excluding carboxylic acids is 1. The van der Waals surface area contributed by atoms with E-state index in [0.29, 0.717) is 5.69 Å². The summed E-state index contributed by atoms with van der Waals surface area (Å²) < 4.78 is 40.2. The van der Waals surface area contributed by atoms with Gasteiger partial charge in [0.2, 0.25) is 6.10 Å². The van der Waals surface area contributed by atoms with Crippen LogP contribution in [0, 0.1) is 6.92 Å². The van der Waals surface area contributed by atoms with Crippen molar-refractivity contribution in [3.63, 3.8) is 0 Å². The number of ether oxygens (including phenoxy) is 2. The van der Waals surface area contributed by atoms with Crippen molar-refractivity contribution in [3.05, 3.63) is 48.3 Å². The van der Waals surface area contributed by atoms with Gasteiger partial charge in [-0.2, -0.15) is 8.78 Å². The average molecular weight is 355 g/mol. The second-order valence-corrected chi connectivity index (χ2v) is 5.10. The van der Waals surface area contributed by atoms with Crippen LogP contribution in [-0.2, 0) is 14.3 Å². The van der Waals surface area contributed by atoms with Gasteiger partial charge in [0.05, 0.1) is 6.61 Å². The molecule has 0 bridgehead atoms. The Hall–Kier alpha value is -2.42. The van der Waals surface area contributed by atoms with Gasteiger partial charge in [-0.05, 0) is 32.1 Å². The smallest absolute Gasteiger partial charge is 0.382 e. The van der Waals surface area contributed by atoms with E-state index in [1.807, 2.05) is 0 Å². The first-order chi connectivity index (χ1) is 11.4. The van der Waals surface area contributed by atoms with Crippen LogP contribution < -0.4 is 0 Å². The van der Waals surface area contributed by atoms with E-state index in [2.05, 4.69) is 14.7 Å². The SMILES string of the molecule is CCOC(=O)C(F)(F)C(OC(=S)n1ccnc1)c1cccnc1C. The predicted octanol–water partition coefficient (Wildman–Crippen LogP) is 2.68. The molecule has 2 heterocycles. The van der Waals surface area contributed by atoms with Gasteiger partial charge in [-0.3, -0.25) is 9.55 Å². The Morgan fingerprint density at radius 1 is 1.46 bits per heavy atom. The summed E-state index contributed by atoms with van der Waals surface area (Å²) in [6.07, 6.45) is 3.65. The molecule has 0 aromatic carbocycles. The monoisotopic (exact) mass is 355 g/mol. The maximum atomic E-state index is 14.6. The molecule has 2 aromatic heterocycles. The maximum absolute atomic E-state index is 14.6. The summed E-state index contributed by atoms with van der Waals surface area (Å²) in [7, 11) is 0. The highest BCUT2D eigenvalue weighted by Crippen LogP contribution is 2.37. The molecule has 1 atom stereocenters. The first-order valence-corrected chi connectivity index (χ1v) is 7.44. The Labute approximate surface area is 142 Å². The van der Waals surface area contributed by atoms with E-state index in [-0.39, 0.29) is 17.3 Å². The Bertz CT molecular complexity index is 723. The second-order valence-electron chi connectivity index (χ2n) is 4.76. The largest absolute Gasteiger partial charge is 0.461 e. The van der Waals surface area contributed by atoms with Crippen molar-refractivity contribution in [2.45, 2.75) is 25.9 Å². The summed E-state index contributed by atoms with van der Waals surface area (Å²) in [4.78, 5) is 19.5. The number of hydrogen-bond acceptors (Lipinski definition) is 6. The summed E-state index contributed by atoms with van der Waals surface area (Å²) in [6, 6.07) is 2.87. The van der Waals surface area contributed by atoms with E-state index >= 15 is 0 Å². The lowest BCUT2D eigenvalue weighted by Crippen LogP contribution is -2.40. The third-order valence-corrected chi connectivity index (χ3v) is 3.45. The fourth-order valence-corrected chi connectivity index (χ4v) is 2.17. The molecule has 0 saturated carbocycles. The molecule has 0 fully saturated rings. The Kier molecular flexibility index (Phi) is 5.55. The highest BCUT2D eigenvalue weighted by atomic mass is 32.1. The first kappa shape index (κ1) is 17.9. The highest BCUT2D eigenvalue weighted by molar-refractivity contribution is 7.80. The van der Waals surface area contributed by atoms with E-state index in [9.17, 15) is 13.6 Å². The van der Waals surface area contributed by atoms with Crippen molar-refractivity contribution < 1.29 is 23.0 Å². The van der Waals surface area contributed by atoms with Crippen LogP contribution in [0.15, 0.2) is 37.1 Å². The molecule has 0 amide bonds. The van der Waals surface area contributed by atoms with E-state index in [0.717, 1.165) is 0 Å². The van der Waals surface area contributed by atoms with Crippen LogP contribution in [0.25, 0.3) is 0 Å². The Balaban J connectivity index is 2.40. The van der Waals surface area contributed by atoms with Gasteiger partial charge in [0.25, 0.3) is 5.17 Å². The topological polar surface area (TPSA) is 66.2 Å². The van der Waals surface area contributed by atoms with Gasteiger partial charge in [-0.1, -0.05) is 6.07 Å². The molecule has 0 aliphatic rings. The number of alkyl halides is 2. The zero-order chi connectivity index (χ0) is 17.7. The zero-order valence-electron chi connectivity index (χ0n) is 13.0. The third kappa shape index (κ3) is 3.73. The maximum Gasteiger partial charge on any atom is 0.382 e. The molecule has 128 valence electrons. The summed E-state index contributed by atoms with van der Waals surface area (Å²) in [5.74, 6) is -5.64. The molecular formula is C15H15F2N3O3S. The van der Waals surface area contributed by atoms with Gasteiger partial charge in [-0.25, -0.2) is 9.78 Å². The van der Waals surface area contributed by atoms with Crippen LogP contribution >= 0.6 is 12.2 Å². The number of esters is 1. The molecule has 0 aliphatic heterocycles. The first-order valence-electron chi connectivity index (χ1n) is 7.03. The molecule has 0 saturated heterocycles. The number of halogens is 2. The number of nitrogens with zero attached hydrogens (tertiary/aromatic N) is 3. The van der Waals surface area contributed by atoms with Crippen molar-refractivity contribution in [2.75, 3.05) is 6.61 Å². The van der Waals surface area contributed by atoms with E-state index in [4.69, 9.17) is 17.0 Å². The van der Waals surface area contributed by atoms with Crippen LogP contribution in [0.5, 0.6) is 0 Å². The van der Waals surface area contributed by atoms with Gasteiger partial charge >= 0.3 is 11.9 Å². The minimum Gasteiger partial charge on any atom is -0.461 e. The number of pyridine rings is 1. The van der Waals surface area contributed by atoms with E-state index in [1.165, 1.54) is 55.5 Å². The van der Waals surface area contributed by atoms with Crippen molar-refractivity contribution in [1.82, 2.24) is 14.5 Å². The van der Waals surface area contributed by atoms with E-state index in [1.54, 1.807) is 0 Å². The van der Waals surface area contributed by atoms with E-state index < -0.39 is 18.0 Å². The van der Waals surface area contributed by atoms with Crippen LogP contribution in [0.1, 0.15) is 24.3 Å². The normalized spacial score (nSPS) is 12.5. The highest BCUT2D eigenvalue weighted by Gasteiger charge is 2.52. The Morgan fingerprint density at radius 3 is 2.79 bits per heavy atom. The number of aryl methyl sites for hydroxylation is 1. The summed E-state index contributed by atoms with van der Waals surface area (Å²) in [6.45, 7) is 2.79. The molecule has 2 aromatic rings. The van der Waals surface area contributed by atoms with Crippen LogP contribution in [0.4, 0.5) is 8.78 Å². The fraction of sp³-hybridized carbons (Fsp3) is 0.333. The molecule has 6 nitrogen and oxygen atoms in total. The molecule has 9 heteroatoms. The summed E-state index contributed by atoms with van der Waals surface area (Å²) in [5, 5.41) is -0.273. The van der Waals surface area contributed by atoms with Gasteiger partial charge in [0.15, 0.2) is 0 Å². The fourth-order valence-electron chi connectivity index (χ4n) is 1.97. The van der Waals surface area contributed by atoms with Gasteiger partial charge in [0.1, 0.15) is 6.33 Å². The van der Waals surface area contributed by atoms with Crippen molar-refractivity contribution in [1.29, 1.82) is 0 Å². The Morgan fingerprint density at radius 2 is 2.21 bits per heavy atom. The average Bonchev–Trinajstić information content (AvgIpc) is 3.08. The lowest BCUT2D eigenvalue weighted by atomic mass is 10.0. The van der Waals surface area contributed by atoms with Gasteiger partial charge in [0, 0.05) is 29.8 Å². The molecule has 0 N–H and O–H groups in total. The number of carbonyl (C=O) groups is 1. The van der Waals surface area contributed by atoms with Crippen molar-refractivity contribution >= 4 is 23.4 Å².